The molecule has 3 aliphatic heterocycles. The fourth-order valence-corrected chi connectivity index (χ4v) is 8.01. The lowest BCUT2D eigenvalue weighted by atomic mass is 9.74. The maximum absolute atomic E-state index is 14.4. The van der Waals surface area contributed by atoms with Crippen LogP contribution < -0.4 is 10.6 Å². The summed E-state index contributed by atoms with van der Waals surface area (Å²) in [6.45, 7) is 6.38. The van der Waals surface area contributed by atoms with Crippen LogP contribution in [0.2, 0.25) is 0 Å². The topological polar surface area (TPSA) is 87.7 Å². The maximum Gasteiger partial charge on any atom is 0.246 e. The summed E-state index contributed by atoms with van der Waals surface area (Å²) in [7, 11) is 0. The molecule has 1 aromatic carbocycles. The number of hydrogen-bond acceptors (Lipinski definition) is 4. The molecule has 38 heavy (non-hydrogen) atoms. The molecule has 1 aromatic rings. The van der Waals surface area contributed by atoms with Crippen molar-refractivity contribution < 1.29 is 19.1 Å². The number of nitrogens with one attached hydrogen (secondary N) is 2. The molecule has 0 aromatic heterocycles. The van der Waals surface area contributed by atoms with E-state index in [1.165, 1.54) is 6.42 Å². The Morgan fingerprint density at radius 1 is 1.00 bits per heavy atom. The molecular formula is C31H41N3O4. The van der Waals surface area contributed by atoms with Crippen LogP contribution in [0.4, 0.5) is 5.69 Å². The first-order valence-electron chi connectivity index (χ1n) is 14.7. The summed E-state index contributed by atoms with van der Waals surface area (Å²) in [5, 5.41) is 6.38. The number of fused-ring (bicyclic) bond motifs is 1. The maximum atomic E-state index is 14.4. The predicted molar refractivity (Wildman–Crippen MR) is 145 cm³/mol. The predicted octanol–water partition coefficient (Wildman–Crippen LogP) is 4.36. The zero-order chi connectivity index (χ0) is 26.6. The Morgan fingerprint density at radius 2 is 1.74 bits per heavy atom. The van der Waals surface area contributed by atoms with Gasteiger partial charge >= 0.3 is 0 Å². The summed E-state index contributed by atoms with van der Waals surface area (Å²) in [6.07, 6.45) is 11.8. The van der Waals surface area contributed by atoms with Gasteiger partial charge in [-0.15, -0.1) is 0 Å². The highest BCUT2D eigenvalue weighted by Gasteiger charge is 2.73. The van der Waals surface area contributed by atoms with E-state index >= 15 is 0 Å². The first-order valence-corrected chi connectivity index (χ1v) is 14.7. The second-order valence-electron chi connectivity index (χ2n) is 12.5. The van der Waals surface area contributed by atoms with Gasteiger partial charge in [0.2, 0.25) is 17.7 Å². The van der Waals surface area contributed by atoms with Crippen LogP contribution in [0.15, 0.2) is 36.4 Å². The average molecular weight is 520 g/mol. The smallest absolute Gasteiger partial charge is 0.246 e. The number of likely N-dealkylation sites (tertiary alicyclic amines) is 1. The lowest BCUT2D eigenvalue weighted by Gasteiger charge is -2.42. The number of amides is 3. The highest BCUT2D eigenvalue weighted by Crippen LogP contribution is 2.56. The molecule has 3 heterocycles. The summed E-state index contributed by atoms with van der Waals surface area (Å²) < 4.78 is 6.56. The minimum absolute atomic E-state index is 0.0210. The van der Waals surface area contributed by atoms with E-state index in [-0.39, 0.29) is 29.8 Å². The lowest BCUT2D eigenvalue weighted by molar-refractivity contribution is -0.146. The molecule has 204 valence electrons. The van der Waals surface area contributed by atoms with Crippen molar-refractivity contribution in [3.8, 4) is 0 Å². The Balaban J connectivity index is 1.34. The second-order valence-corrected chi connectivity index (χ2v) is 12.5. The number of hydrogen-bond donors (Lipinski definition) is 2. The van der Waals surface area contributed by atoms with Crippen molar-refractivity contribution in [1.29, 1.82) is 0 Å². The van der Waals surface area contributed by atoms with Crippen LogP contribution in [0, 0.1) is 30.6 Å². The quantitative estimate of drug-likeness (QED) is 0.566. The SMILES string of the molecule is Cc1cccc(NC(=O)C2[C@H]3C=CC4(O3)C(C(=O)NC3CCCCC3C)N(C3CCCCC3C)C(=O)[C@@H]24)c1. The number of aryl methyl sites for hydroxylation is 1. The minimum atomic E-state index is -1.10. The number of ether oxygens (including phenoxy) is 1. The molecule has 2 saturated heterocycles. The van der Waals surface area contributed by atoms with E-state index in [1.54, 1.807) is 0 Å². The van der Waals surface area contributed by atoms with E-state index in [2.05, 4.69) is 24.5 Å². The summed E-state index contributed by atoms with van der Waals surface area (Å²) >= 11 is 0. The van der Waals surface area contributed by atoms with Crippen molar-refractivity contribution in [1.82, 2.24) is 10.2 Å². The van der Waals surface area contributed by atoms with E-state index in [1.807, 2.05) is 48.2 Å². The van der Waals surface area contributed by atoms with Gasteiger partial charge in [0, 0.05) is 17.8 Å². The Bertz CT molecular complexity index is 1150. The molecule has 4 fully saturated rings. The van der Waals surface area contributed by atoms with E-state index in [0.717, 1.165) is 50.5 Å². The third kappa shape index (κ3) is 4.09. The first kappa shape index (κ1) is 25.6. The highest BCUT2D eigenvalue weighted by atomic mass is 16.5. The van der Waals surface area contributed by atoms with Crippen LogP contribution in [-0.4, -0.2) is 52.5 Å². The van der Waals surface area contributed by atoms with Gasteiger partial charge in [0.1, 0.15) is 11.6 Å². The molecule has 7 heteroatoms. The Morgan fingerprint density at radius 3 is 2.47 bits per heavy atom. The van der Waals surface area contributed by atoms with Crippen LogP contribution in [-0.2, 0) is 19.1 Å². The van der Waals surface area contributed by atoms with Gasteiger partial charge in [-0.3, -0.25) is 14.4 Å². The van der Waals surface area contributed by atoms with Gasteiger partial charge in [0.15, 0.2) is 0 Å². The van der Waals surface area contributed by atoms with E-state index in [0.29, 0.717) is 17.5 Å². The molecule has 2 saturated carbocycles. The number of benzene rings is 1. The van der Waals surface area contributed by atoms with Crippen molar-refractivity contribution in [2.75, 3.05) is 5.32 Å². The lowest BCUT2D eigenvalue weighted by Crippen LogP contribution is -2.60. The first-order chi connectivity index (χ1) is 18.3. The van der Waals surface area contributed by atoms with Gasteiger partial charge in [-0.2, -0.15) is 0 Å². The van der Waals surface area contributed by atoms with Gasteiger partial charge in [-0.05, 0) is 62.1 Å². The van der Waals surface area contributed by atoms with Crippen LogP contribution in [0.1, 0.15) is 70.8 Å². The highest BCUT2D eigenvalue weighted by molar-refractivity contribution is 6.03. The van der Waals surface area contributed by atoms with Crippen LogP contribution >= 0.6 is 0 Å². The Labute approximate surface area is 225 Å². The third-order valence-electron chi connectivity index (χ3n) is 10.0. The van der Waals surface area contributed by atoms with Crippen molar-refractivity contribution >= 4 is 23.4 Å². The molecule has 2 N–H and O–H groups in total. The Kier molecular flexibility index (Phi) is 6.61. The molecular weight excluding hydrogens is 478 g/mol. The number of carbonyl (C=O) groups excluding carboxylic acids is 3. The van der Waals surface area contributed by atoms with Gasteiger partial charge in [-0.25, -0.2) is 0 Å². The zero-order valence-corrected chi connectivity index (χ0v) is 22.8. The number of anilines is 1. The normalized spacial score (nSPS) is 39.8. The Hall–Kier alpha value is -2.67. The van der Waals surface area contributed by atoms with Gasteiger partial charge in [0.25, 0.3) is 0 Å². The van der Waals surface area contributed by atoms with Gasteiger partial charge in [0.05, 0.1) is 17.9 Å². The van der Waals surface area contributed by atoms with Crippen molar-refractivity contribution in [3.05, 3.63) is 42.0 Å². The summed E-state index contributed by atoms with van der Waals surface area (Å²) in [5.74, 6) is -1.10. The van der Waals surface area contributed by atoms with E-state index < -0.39 is 29.6 Å². The van der Waals surface area contributed by atoms with E-state index in [4.69, 9.17) is 4.74 Å². The van der Waals surface area contributed by atoms with Crippen molar-refractivity contribution in [2.24, 2.45) is 23.7 Å². The largest absolute Gasteiger partial charge is 0.359 e. The minimum Gasteiger partial charge on any atom is -0.359 e. The van der Waals surface area contributed by atoms with Crippen LogP contribution in [0.25, 0.3) is 0 Å². The standard InChI is InChI=1S/C31H41N3O4/c1-18-9-8-12-21(17-18)32-28(35)25-24-15-16-31(38-24)26(25)30(37)34(23-14-7-5-11-20(23)3)27(31)29(36)33-22-13-6-4-10-19(22)2/h8-9,12,15-17,19-20,22-27H,4-7,10-11,13-14H2,1-3H3,(H,32,35)(H,33,36)/t19?,20?,22?,23?,24-,25?,26-,27?,31?/m1/s1. The molecule has 7 unspecified atom stereocenters. The van der Waals surface area contributed by atoms with Gasteiger partial charge in [-0.1, -0.05) is 63.8 Å². The molecule has 2 bridgehead atoms. The fraction of sp³-hybridized carbons (Fsp3) is 0.645. The van der Waals surface area contributed by atoms with Gasteiger partial charge < -0.3 is 20.3 Å². The molecule has 3 amide bonds. The molecule has 7 nitrogen and oxygen atoms in total. The molecule has 1 spiro atoms. The molecule has 6 rings (SSSR count). The molecule has 2 aliphatic carbocycles. The van der Waals surface area contributed by atoms with Crippen molar-refractivity contribution in [2.45, 2.75) is 102 Å². The number of nitrogens with zero attached hydrogens (tertiary/aromatic N) is 1. The van der Waals surface area contributed by atoms with Crippen LogP contribution in [0.3, 0.4) is 0 Å². The van der Waals surface area contributed by atoms with E-state index in [9.17, 15) is 14.4 Å². The molecule has 5 aliphatic rings. The molecule has 9 atom stereocenters. The fourth-order valence-electron chi connectivity index (χ4n) is 8.01. The summed E-state index contributed by atoms with van der Waals surface area (Å²) in [4.78, 5) is 44.1. The third-order valence-corrected chi connectivity index (χ3v) is 10.0. The average Bonchev–Trinajstić information content (AvgIpc) is 3.53. The number of rotatable bonds is 5. The number of carbonyl (C=O) groups is 3. The second kappa shape index (κ2) is 9.82. The van der Waals surface area contributed by atoms with Crippen molar-refractivity contribution in [3.63, 3.8) is 0 Å². The molecule has 0 radical (unpaired) electrons. The monoisotopic (exact) mass is 519 g/mol. The summed E-state index contributed by atoms with van der Waals surface area (Å²) in [5.41, 5.74) is 0.654. The zero-order valence-electron chi connectivity index (χ0n) is 22.8. The van der Waals surface area contributed by atoms with Crippen LogP contribution in [0.5, 0.6) is 0 Å². The summed E-state index contributed by atoms with van der Waals surface area (Å²) in [6, 6.07) is 7.00.